The fourth-order valence-corrected chi connectivity index (χ4v) is 2.88. The fourth-order valence-electron chi connectivity index (χ4n) is 2.32. The van der Waals surface area contributed by atoms with Crippen molar-refractivity contribution in [3.63, 3.8) is 0 Å². The van der Waals surface area contributed by atoms with Gasteiger partial charge in [0.2, 0.25) is 0 Å². The molecule has 4 heteroatoms. The third kappa shape index (κ3) is 3.03. The summed E-state index contributed by atoms with van der Waals surface area (Å²) in [5.41, 5.74) is 3.53. The predicted octanol–water partition coefficient (Wildman–Crippen LogP) is 2.09. The first-order valence-corrected chi connectivity index (χ1v) is 6.94. The lowest BCUT2D eigenvalue weighted by Gasteiger charge is -2.37. The quantitative estimate of drug-likeness (QED) is 0.856. The van der Waals surface area contributed by atoms with E-state index in [1.807, 2.05) is 5.51 Å². The molecule has 0 unspecified atom stereocenters. The summed E-state index contributed by atoms with van der Waals surface area (Å²) >= 11 is 1.69. The summed E-state index contributed by atoms with van der Waals surface area (Å²) in [6.07, 6.45) is 3.39. The molecule has 1 N–H and O–H groups in total. The smallest absolute Gasteiger partial charge is 0.0794 e. The minimum atomic E-state index is 0.363. The van der Waals surface area contributed by atoms with Gasteiger partial charge in [0, 0.05) is 25.1 Å². The van der Waals surface area contributed by atoms with E-state index >= 15 is 0 Å². The summed E-state index contributed by atoms with van der Waals surface area (Å²) in [5, 5.41) is 5.66. The average molecular weight is 240 g/mol. The van der Waals surface area contributed by atoms with Crippen molar-refractivity contribution in [3.8, 4) is 0 Å². The summed E-state index contributed by atoms with van der Waals surface area (Å²) < 4.78 is 5.48. The zero-order valence-corrected chi connectivity index (χ0v) is 10.7. The zero-order valence-electron chi connectivity index (χ0n) is 9.87. The second-order valence-electron chi connectivity index (χ2n) is 4.55. The van der Waals surface area contributed by atoms with E-state index < -0.39 is 0 Å². The molecule has 2 heterocycles. The van der Waals surface area contributed by atoms with Crippen LogP contribution in [0.25, 0.3) is 0 Å². The SMILES string of the molecule is CCNCC1(Cc2cscn2)CCOCC1. The van der Waals surface area contributed by atoms with Crippen LogP contribution in [0.3, 0.4) is 0 Å². The highest BCUT2D eigenvalue weighted by Gasteiger charge is 2.32. The monoisotopic (exact) mass is 240 g/mol. The molecule has 0 atom stereocenters. The minimum Gasteiger partial charge on any atom is -0.381 e. The number of hydrogen-bond acceptors (Lipinski definition) is 4. The first kappa shape index (κ1) is 12.0. The van der Waals surface area contributed by atoms with Gasteiger partial charge in [-0.3, -0.25) is 0 Å². The van der Waals surface area contributed by atoms with Crippen molar-refractivity contribution in [1.29, 1.82) is 0 Å². The number of rotatable bonds is 5. The number of thiazole rings is 1. The number of hydrogen-bond donors (Lipinski definition) is 1. The summed E-state index contributed by atoms with van der Waals surface area (Å²) in [5.74, 6) is 0. The molecule has 0 aliphatic carbocycles. The van der Waals surface area contributed by atoms with Crippen molar-refractivity contribution in [2.24, 2.45) is 5.41 Å². The summed E-state index contributed by atoms with van der Waals surface area (Å²) in [6, 6.07) is 0. The minimum absolute atomic E-state index is 0.363. The topological polar surface area (TPSA) is 34.2 Å². The van der Waals surface area contributed by atoms with Crippen molar-refractivity contribution in [2.45, 2.75) is 26.2 Å². The Bertz CT molecular complexity index is 294. The summed E-state index contributed by atoms with van der Waals surface area (Å²) in [7, 11) is 0. The first-order chi connectivity index (χ1) is 7.85. The van der Waals surface area contributed by atoms with Crippen molar-refractivity contribution >= 4 is 11.3 Å². The number of nitrogens with zero attached hydrogens (tertiary/aromatic N) is 1. The van der Waals surface area contributed by atoms with Crippen LogP contribution in [-0.4, -0.2) is 31.3 Å². The predicted molar refractivity (Wildman–Crippen MR) is 66.8 cm³/mol. The van der Waals surface area contributed by atoms with Gasteiger partial charge in [0.05, 0.1) is 11.2 Å². The van der Waals surface area contributed by atoms with E-state index in [1.54, 1.807) is 11.3 Å². The van der Waals surface area contributed by atoms with Crippen LogP contribution in [0.4, 0.5) is 0 Å². The molecule has 0 bridgehead atoms. The molecule has 0 radical (unpaired) electrons. The van der Waals surface area contributed by atoms with Gasteiger partial charge in [-0.25, -0.2) is 4.98 Å². The highest BCUT2D eigenvalue weighted by atomic mass is 32.1. The van der Waals surface area contributed by atoms with Crippen LogP contribution in [0.15, 0.2) is 10.9 Å². The van der Waals surface area contributed by atoms with E-state index in [0.29, 0.717) is 5.41 Å². The molecule has 1 aliphatic heterocycles. The second-order valence-corrected chi connectivity index (χ2v) is 5.27. The highest BCUT2D eigenvalue weighted by molar-refractivity contribution is 7.07. The summed E-state index contributed by atoms with van der Waals surface area (Å²) in [6.45, 7) is 6.09. The molecule has 1 aromatic rings. The third-order valence-corrected chi connectivity index (χ3v) is 3.98. The van der Waals surface area contributed by atoms with Gasteiger partial charge < -0.3 is 10.1 Å². The van der Waals surface area contributed by atoms with Crippen molar-refractivity contribution in [2.75, 3.05) is 26.3 Å². The Morgan fingerprint density at radius 3 is 2.94 bits per heavy atom. The molecular weight excluding hydrogens is 220 g/mol. The Hall–Kier alpha value is -0.450. The van der Waals surface area contributed by atoms with Crippen molar-refractivity contribution < 1.29 is 4.74 Å². The molecule has 90 valence electrons. The van der Waals surface area contributed by atoms with E-state index in [2.05, 4.69) is 22.6 Å². The van der Waals surface area contributed by atoms with Gasteiger partial charge in [-0.1, -0.05) is 6.92 Å². The van der Waals surface area contributed by atoms with Gasteiger partial charge in [-0.15, -0.1) is 11.3 Å². The van der Waals surface area contributed by atoms with E-state index in [4.69, 9.17) is 4.74 Å². The third-order valence-electron chi connectivity index (χ3n) is 3.34. The highest BCUT2D eigenvalue weighted by Crippen LogP contribution is 2.33. The van der Waals surface area contributed by atoms with Crippen LogP contribution in [0, 0.1) is 5.41 Å². The Kier molecular flexibility index (Phi) is 4.32. The maximum atomic E-state index is 5.48. The second kappa shape index (κ2) is 5.75. The molecule has 1 aliphatic rings. The Balaban J connectivity index is 2.01. The number of ether oxygens (including phenoxy) is 1. The molecular formula is C12H20N2OS. The molecule has 0 saturated carbocycles. The molecule has 0 aromatic carbocycles. The Labute approximate surface area is 101 Å². The molecule has 1 fully saturated rings. The lowest BCUT2D eigenvalue weighted by molar-refractivity contribution is 0.0148. The van der Waals surface area contributed by atoms with Crippen LogP contribution in [-0.2, 0) is 11.2 Å². The van der Waals surface area contributed by atoms with Gasteiger partial charge >= 0.3 is 0 Å². The van der Waals surface area contributed by atoms with Crippen LogP contribution in [0.2, 0.25) is 0 Å². The van der Waals surface area contributed by atoms with Gasteiger partial charge in [-0.2, -0.15) is 0 Å². The first-order valence-electron chi connectivity index (χ1n) is 6.00. The maximum absolute atomic E-state index is 5.48. The van der Waals surface area contributed by atoms with E-state index in [1.165, 1.54) is 5.69 Å². The molecule has 2 rings (SSSR count). The van der Waals surface area contributed by atoms with Gasteiger partial charge in [0.1, 0.15) is 0 Å². The van der Waals surface area contributed by atoms with Crippen LogP contribution in [0.5, 0.6) is 0 Å². The normalized spacial score (nSPS) is 19.8. The zero-order chi connectivity index (χ0) is 11.3. The molecule has 3 nitrogen and oxygen atoms in total. The lowest BCUT2D eigenvalue weighted by atomic mass is 9.76. The lowest BCUT2D eigenvalue weighted by Crippen LogP contribution is -2.40. The van der Waals surface area contributed by atoms with Crippen LogP contribution >= 0.6 is 11.3 Å². The van der Waals surface area contributed by atoms with Crippen LogP contribution < -0.4 is 5.32 Å². The van der Waals surface area contributed by atoms with E-state index in [9.17, 15) is 0 Å². The molecule has 0 amide bonds. The fraction of sp³-hybridized carbons (Fsp3) is 0.750. The van der Waals surface area contributed by atoms with E-state index in [0.717, 1.165) is 45.6 Å². The van der Waals surface area contributed by atoms with Crippen molar-refractivity contribution in [3.05, 3.63) is 16.6 Å². The Morgan fingerprint density at radius 2 is 2.31 bits per heavy atom. The number of aromatic nitrogens is 1. The molecule has 0 spiro atoms. The maximum Gasteiger partial charge on any atom is 0.0794 e. The van der Waals surface area contributed by atoms with Crippen molar-refractivity contribution in [1.82, 2.24) is 10.3 Å². The summed E-state index contributed by atoms with van der Waals surface area (Å²) in [4.78, 5) is 4.41. The van der Waals surface area contributed by atoms with Gasteiger partial charge in [0.15, 0.2) is 0 Å². The Morgan fingerprint density at radius 1 is 1.50 bits per heavy atom. The largest absolute Gasteiger partial charge is 0.381 e. The molecule has 1 aromatic heterocycles. The van der Waals surface area contributed by atoms with Gasteiger partial charge in [-0.05, 0) is 31.2 Å². The number of nitrogens with one attached hydrogen (secondary N) is 1. The molecule has 16 heavy (non-hydrogen) atoms. The van der Waals surface area contributed by atoms with Gasteiger partial charge in [0.25, 0.3) is 0 Å². The molecule has 1 saturated heterocycles. The van der Waals surface area contributed by atoms with Crippen LogP contribution in [0.1, 0.15) is 25.5 Å². The van der Waals surface area contributed by atoms with E-state index in [-0.39, 0.29) is 0 Å². The standard InChI is InChI=1S/C12H20N2OS/c1-2-13-9-12(3-5-15-6-4-12)7-11-8-16-10-14-11/h8,10,13H,2-7,9H2,1H3. The average Bonchev–Trinajstić information content (AvgIpc) is 2.80.